The van der Waals surface area contributed by atoms with Gasteiger partial charge in [-0.25, -0.2) is 4.98 Å². The lowest BCUT2D eigenvalue weighted by Crippen LogP contribution is -2.19. The minimum absolute atomic E-state index is 0.316. The number of nitrogens with zero attached hydrogens (tertiary/aromatic N) is 3. The van der Waals surface area contributed by atoms with Crippen LogP contribution in [0.4, 0.5) is 0 Å². The Morgan fingerprint density at radius 1 is 0.920 bits per heavy atom. The molecular weight excluding hydrogens is 306 g/mol. The standard InChI is InChI=1S/C22H15N3/c1-2-5-15-14(4-1)7-8-18-16(15)9-10-19-17-6-3-11-24-21(17)20-12-23-13-25(20)22(18)19/h1-13,16,18H. The van der Waals surface area contributed by atoms with Gasteiger partial charge in [0, 0.05) is 34.7 Å². The Morgan fingerprint density at radius 3 is 2.84 bits per heavy atom. The zero-order chi connectivity index (χ0) is 16.4. The highest BCUT2D eigenvalue weighted by Crippen LogP contribution is 2.47. The van der Waals surface area contributed by atoms with E-state index in [0.717, 1.165) is 11.0 Å². The average Bonchev–Trinajstić information content (AvgIpc) is 3.17. The molecule has 0 aliphatic heterocycles. The van der Waals surface area contributed by atoms with E-state index < -0.39 is 0 Å². The van der Waals surface area contributed by atoms with Crippen molar-refractivity contribution < 1.29 is 0 Å². The number of aromatic nitrogens is 3. The summed E-state index contributed by atoms with van der Waals surface area (Å²) in [7, 11) is 0. The Labute approximate surface area is 145 Å². The quantitative estimate of drug-likeness (QED) is 0.465. The molecule has 4 aromatic rings. The zero-order valence-corrected chi connectivity index (χ0v) is 13.5. The van der Waals surface area contributed by atoms with Gasteiger partial charge in [0.15, 0.2) is 0 Å². The maximum atomic E-state index is 4.62. The molecule has 0 spiro atoms. The summed E-state index contributed by atoms with van der Waals surface area (Å²) >= 11 is 0. The summed E-state index contributed by atoms with van der Waals surface area (Å²) in [6, 6.07) is 12.9. The predicted octanol–water partition coefficient (Wildman–Crippen LogP) is 4.80. The number of rotatable bonds is 0. The van der Waals surface area contributed by atoms with Gasteiger partial charge in [0.2, 0.25) is 0 Å². The Morgan fingerprint density at radius 2 is 1.84 bits per heavy atom. The molecule has 0 amide bonds. The summed E-state index contributed by atoms with van der Waals surface area (Å²) in [5, 5.41) is 1.20. The molecule has 0 saturated heterocycles. The molecule has 6 rings (SSSR count). The van der Waals surface area contributed by atoms with Crippen molar-refractivity contribution in [2.75, 3.05) is 0 Å². The van der Waals surface area contributed by atoms with Crippen molar-refractivity contribution in [1.82, 2.24) is 14.4 Å². The van der Waals surface area contributed by atoms with Gasteiger partial charge in [-0.05, 0) is 17.2 Å². The number of hydrogen-bond donors (Lipinski definition) is 0. The molecule has 0 radical (unpaired) electrons. The van der Waals surface area contributed by atoms with Crippen molar-refractivity contribution in [2.24, 2.45) is 0 Å². The van der Waals surface area contributed by atoms with Crippen molar-refractivity contribution in [2.45, 2.75) is 11.8 Å². The van der Waals surface area contributed by atoms with Crippen LogP contribution in [-0.2, 0) is 0 Å². The van der Waals surface area contributed by atoms with Crippen LogP contribution in [0.2, 0.25) is 0 Å². The van der Waals surface area contributed by atoms with E-state index in [-0.39, 0.29) is 0 Å². The normalized spacial score (nSPS) is 20.5. The van der Waals surface area contributed by atoms with E-state index >= 15 is 0 Å². The highest BCUT2D eigenvalue weighted by molar-refractivity contribution is 5.99. The molecule has 2 aliphatic carbocycles. The van der Waals surface area contributed by atoms with Crippen molar-refractivity contribution in [1.29, 1.82) is 0 Å². The number of fused-ring (bicyclic) bond motifs is 10. The average molecular weight is 321 g/mol. The van der Waals surface area contributed by atoms with E-state index in [2.05, 4.69) is 69.0 Å². The van der Waals surface area contributed by atoms with E-state index in [9.17, 15) is 0 Å². The van der Waals surface area contributed by atoms with Crippen molar-refractivity contribution >= 4 is 28.6 Å². The summed E-state index contributed by atoms with van der Waals surface area (Å²) < 4.78 is 2.23. The van der Waals surface area contributed by atoms with Crippen molar-refractivity contribution in [3.05, 3.63) is 89.7 Å². The number of benzene rings is 1. The molecule has 2 atom stereocenters. The summed E-state index contributed by atoms with van der Waals surface area (Å²) in [5.74, 6) is 0.685. The summed E-state index contributed by atoms with van der Waals surface area (Å²) in [6.45, 7) is 0. The van der Waals surface area contributed by atoms with Crippen LogP contribution in [0.5, 0.6) is 0 Å². The van der Waals surface area contributed by atoms with Gasteiger partial charge in [0.1, 0.15) is 0 Å². The molecule has 0 N–H and O–H groups in total. The first kappa shape index (κ1) is 13.1. The second-order valence-electron chi connectivity index (χ2n) is 6.75. The van der Waals surface area contributed by atoms with E-state index in [1.807, 2.05) is 24.8 Å². The molecule has 2 unspecified atom stereocenters. The Balaban J connectivity index is 1.72. The monoisotopic (exact) mass is 321 g/mol. The summed E-state index contributed by atoms with van der Waals surface area (Å²) in [6.07, 6.45) is 14.9. The third-order valence-electron chi connectivity index (χ3n) is 5.53. The molecule has 0 saturated carbocycles. The molecular formula is C22H15N3. The summed E-state index contributed by atoms with van der Waals surface area (Å²) in [4.78, 5) is 9.03. The molecule has 25 heavy (non-hydrogen) atoms. The van der Waals surface area contributed by atoms with Gasteiger partial charge in [-0.15, -0.1) is 0 Å². The minimum atomic E-state index is 0.316. The second kappa shape index (κ2) is 4.67. The molecule has 0 fully saturated rings. The molecule has 0 bridgehead atoms. The van der Waals surface area contributed by atoms with E-state index in [1.165, 1.54) is 27.8 Å². The van der Waals surface area contributed by atoms with Crippen molar-refractivity contribution in [3.63, 3.8) is 0 Å². The lowest BCUT2D eigenvalue weighted by Gasteiger charge is -2.33. The Hall–Kier alpha value is -3.20. The van der Waals surface area contributed by atoms with Crippen LogP contribution in [0.15, 0.2) is 67.3 Å². The van der Waals surface area contributed by atoms with Crippen LogP contribution in [0.25, 0.3) is 28.6 Å². The molecule has 3 nitrogen and oxygen atoms in total. The smallest absolute Gasteiger partial charge is 0.0995 e. The van der Waals surface area contributed by atoms with Gasteiger partial charge in [0.25, 0.3) is 0 Å². The molecule has 118 valence electrons. The van der Waals surface area contributed by atoms with Crippen LogP contribution in [0, 0.1) is 0 Å². The number of pyridine rings is 2. The topological polar surface area (TPSA) is 30.2 Å². The van der Waals surface area contributed by atoms with Crippen LogP contribution in [-0.4, -0.2) is 14.4 Å². The van der Waals surface area contributed by atoms with E-state index in [4.69, 9.17) is 0 Å². The van der Waals surface area contributed by atoms with Gasteiger partial charge in [-0.1, -0.05) is 54.6 Å². The van der Waals surface area contributed by atoms with Gasteiger partial charge in [0.05, 0.1) is 23.6 Å². The van der Waals surface area contributed by atoms with Crippen LogP contribution >= 0.6 is 0 Å². The Bertz CT molecular complexity index is 1210. The van der Waals surface area contributed by atoms with Crippen molar-refractivity contribution in [3.8, 4) is 0 Å². The van der Waals surface area contributed by atoms with Crippen LogP contribution in [0.3, 0.4) is 0 Å². The first-order valence-corrected chi connectivity index (χ1v) is 8.60. The largest absolute Gasteiger partial charge is 0.300 e. The zero-order valence-electron chi connectivity index (χ0n) is 13.5. The van der Waals surface area contributed by atoms with Gasteiger partial charge >= 0.3 is 0 Å². The third-order valence-corrected chi connectivity index (χ3v) is 5.53. The molecule has 3 heterocycles. The SMILES string of the molecule is C1=CC2c3c(c4cccnc4c4cncn34)C=CC2c2ccccc21. The Kier molecular flexibility index (Phi) is 2.45. The fraction of sp³-hybridized carbons (Fsp3) is 0.0909. The molecule has 3 heteroatoms. The second-order valence-corrected chi connectivity index (χ2v) is 6.75. The summed E-state index contributed by atoms with van der Waals surface area (Å²) in [5.41, 5.74) is 7.39. The third kappa shape index (κ3) is 1.65. The number of imidazole rings is 1. The number of hydrogen-bond acceptors (Lipinski definition) is 2. The van der Waals surface area contributed by atoms with Gasteiger partial charge in [-0.2, -0.15) is 0 Å². The number of allylic oxidation sites excluding steroid dienone is 2. The fourth-order valence-corrected chi connectivity index (χ4v) is 4.44. The fourth-order valence-electron chi connectivity index (χ4n) is 4.44. The molecule has 1 aromatic carbocycles. The van der Waals surface area contributed by atoms with E-state index in [0.29, 0.717) is 11.8 Å². The molecule has 2 aliphatic rings. The minimum Gasteiger partial charge on any atom is -0.300 e. The lowest BCUT2D eigenvalue weighted by atomic mass is 9.73. The predicted molar refractivity (Wildman–Crippen MR) is 100 cm³/mol. The van der Waals surface area contributed by atoms with E-state index in [1.54, 1.807) is 0 Å². The molecule has 3 aromatic heterocycles. The maximum Gasteiger partial charge on any atom is 0.0995 e. The highest BCUT2D eigenvalue weighted by atomic mass is 15.0. The first-order chi connectivity index (χ1) is 12.4. The first-order valence-electron chi connectivity index (χ1n) is 8.60. The van der Waals surface area contributed by atoms with Gasteiger partial charge in [-0.3, -0.25) is 9.38 Å². The van der Waals surface area contributed by atoms with Crippen LogP contribution < -0.4 is 0 Å². The highest BCUT2D eigenvalue weighted by Gasteiger charge is 2.32. The maximum absolute atomic E-state index is 4.62. The van der Waals surface area contributed by atoms with Gasteiger partial charge < -0.3 is 0 Å². The lowest BCUT2D eigenvalue weighted by molar-refractivity contribution is 0.690. The van der Waals surface area contributed by atoms with Crippen LogP contribution in [0.1, 0.15) is 34.2 Å².